The molecule has 0 atom stereocenters. The summed E-state index contributed by atoms with van der Waals surface area (Å²) in [6.45, 7) is 6.16. The molecule has 0 aliphatic carbocycles. The van der Waals surface area contributed by atoms with Crippen molar-refractivity contribution >= 4 is 34.7 Å². The Labute approximate surface area is 220 Å². The number of benzene rings is 2. The molecule has 2 fully saturated rings. The van der Waals surface area contributed by atoms with E-state index in [9.17, 15) is 4.39 Å². The van der Waals surface area contributed by atoms with Gasteiger partial charge in [-0.15, -0.1) is 0 Å². The van der Waals surface area contributed by atoms with Gasteiger partial charge in [-0.05, 0) is 12.1 Å². The highest BCUT2D eigenvalue weighted by atomic mass is 19.1. The molecule has 196 valence electrons. The van der Waals surface area contributed by atoms with Crippen molar-refractivity contribution in [2.75, 3.05) is 67.8 Å². The Bertz CT molecular complexity index is 1390. The number of nitrogens with zero attached hydrogens (tertiary/aromatic N) is 6. The van der Waals surface area contributed by atoms with Gasteiger partial charge in [-0.1, -0.05) is 36.4 Å². The first-order valence-electron chi connectivity index (χ1n) is 12.9. The first-order valence-corrected chi connectivity index (χ1v) is 12.9. The van der Waals surface area contributed by atoms with Crippen molar-refractivity contribution in [2.45, 2.75) is 6.54 Å². The second-order valence-corrected chi connectivity index (χ2v) is 9.30. The predicted octanol–water partition coefficient (Wildman–Crippen LogP) is 3.74. The molecule has 0 saturated carbocycles. The van der Waals surface area contributed by atoms with E-state index in [1.54, 1.807) is 12.3 Å². The Kier molecular flexibility index (Phi) is 7.14. The summed E-state index contributed by atoms with van der Waals surface area (Å²) >= 11 is 0. The summed E-state index contributed by atoms with van der Waals surface area (Å²) < 4.78 is 27.4. The Morgan fingerprint density at radius 3 is 2.39 bits per heavy atom. The van der Waals surface area contributed by atoms with Crippen LogP contribution in [0.1, 0.15) is 11.1 Å². The molecule has 4 heterocycles. The number of aromatic nitrogens is 3. The third-order valence-electron chi connectivity index (χ3n) is 6.83. The topological polar surface area (TPSA) is 80.0 Å². The van der Waals surface area contributed by atoms with Gasteiger partial charge in [-0.3, -0.25) is 5.43 Å². The molecule has 0 bridgehead atoms. The van der Waals surface area contributed by atoms with Crippen molar-refractivity contribution in [1.29, 1.82) is 0 Å². The molecule has 6 rings (SSSR count). The van der Waals surface area contributed by atoms with Crippen molar-refractivity contribution in [2.24, 2.45) is 5.10 Å². The lowest BCUT2D eigenvalue weighted by atomic mass is 10.2. The number of morpholine rings is 2. The summed E-state index contributed by atoms with van der Waals surface area (Å²) in [7, 11) is 0. The van der Waals surface area contributed by atoms with E-state index in [1.165, 1.54) is 6.07 Å². The molecular weight excluding hydrogens is 485 g/mol. The predicted molar refractivity (Wildman–Crippen MR) is 147 cm³/mol. The standard InChI is InChI=1S/C28H30FN7O2/c29-24-7-3-1-5-21(24)19-36-20-22(23-6-2-4-8-25(23)36)18-30-33-26-17-27(34-9-13-37-14-10-34)32-28(31-26)35-11-15-38-16-12-35/h1-8,17-18,20H,9-16,19H2,(H,31,32,33)/b30-18+. The summed E-state index contributed by atoms with van der Waals surface area (Å²) in [6.07, 6.45) is 3.78. The molecule has 2 aliphatic rings. The number of hydrazone groups is 1. The second kappa shape index (κ2) is 11.2. The van der Waals surface area contributed by atoms with Crippen LogP contribution in [-0.2, 0) is 16.0 Å². The smallest absolute Gasteiger partial charge is 0.229 e. The number of para-hydroxylation sites is 1. The van der Waals surface area contributed by atoms with E-state index in [1.807, 2.05) is 53.2 Å². The lowest BCUT2D eigenvalue weighted by Crippen LogP contribution is -2.39. The Morgan fingerprint density at radius 2 is 1.61 bits per heavy atom. The molecule has 0 spiro atoms. The van der Waals surface area contributed by atoms with Crippen molar-refractivity contribution in [3.63, 3.8) is 0 Å². The van der Waals surface area contributed by atoms with Crippen LogP contribution in [0.2, 0.25) is 0 Å². The van der Waals surface area contributed by atoms with E-state index in [0.29, 0.717) is 50.3 Å². The summed E-state index contributed by atoms with van der Waals surface area (Å²) in [5.41, 5.74) is 5.71. The number of fused-ring (bicyclic) bond motifs is 1. The van der Waals surface area contributed by atoms with Crippen LogP contribution >= 0.6 is 0 Å². The highest BCUT2D eigenvalue weighted by molar-refractivity contribution is 5.99. The molecule has 38 heavy (non-hydrogen) atoms. The molecule has 2 aromatic carbocycles. The zero-order valence-electron chi connectivity index (χ0n) is 21.1. The van der Waals surface area contributed by atoms with Crippen LogP contribution in [0.3, 0.4) is 0 Å². The van der Waals surface area contributed by atoms with E-state index in [0.717, 1.165) is 48.5 Å². The first-order chi connectivity index (χ1) is 18.7. The minimum atomic E-state index is -0.210. The quantitative estimate of drug-likeness (QED) is 0.297. The lowest BCUT2D eigenvalue weighted by Gasteiger charge is -2.31. The van der Waals surface area contributed by atoms with E-state index in [-0.39, 0.29) is 5.82 Å². The van der Waals surface area contributed by atoms with E-state index in [2.05, 4.69) is 20.3 Å². The van der Waals surface area contributed by atoms with Crippen molar-refractivity contribution in [1.82, 2.24) is 14.5 Å². The largest absolute Gasteiger partial charge is 0.378 e. The molecule has 2 saturated heterocycles. The maximum atomic E-state index is 14.3. The van der Waals surface area contributed by atoms with E-state index >= 15 is 0 Å². The first kappa shape index (κ1) is 24.3. The molecule has 0 radical (unpaired) electrons. The van der Waals surface area contributed by atoms with Crippen LogP contribution in [0.5, 0.6) is 0 Å². The fraction of sp³-hybridized carbons (Fsp3) is 0.321. The average Bonchev–Trinajstić information content (AvgIpc) is 3.32. The SMILES string of the molecule is Fc1ccccc1Cn1cc(/C=N/Nc2cc(N3CCOCC3)nc(N3CCOCC3)n2)c2ccccc21. The highest BCUT2D eigenvalue weighted by Crippen LogP contribution is 2.24. The fourth-order valence-corrected chi connectivity index (χ4v) is 4.83. The molecule has 9 nitrogen and oxygen atoms in total. The van der Waals surface area contributed by atoms with Gasteiger partial charge in [0.2, 0.25) is 5.95 Å². The van der Waals surface area contributed by atoms with Gasteiger partial charge in [-0.2, -0.15) is 15.1 Å². The number of rotatable bonds is 7. The number of anilines is 3. The maximum Gasteiger partial charge on any atom is 0.229 e. The van der Waals surface area contributed by atoms with Crippen LogP contribution in [-0.4, -0.2) is 73.4 Å². The molecule has 2 aromatic heterocycles. The van der Waals surface area contributed by atoms with Crippen LogP contribution in [0, 0.1) is 5.82 Å². The normalized spacial score (nSPS) is 16.4. The van der Waals surface area contributed by atoms with Gasteiger partial charge in [0.25, 0.3) is 0 Å². The molecule has 4 aromatic rings. The van der Waals surface area contributed by atoms with Gasteiger partial charge < -0.3 is 23.8 Å². The number of hydrogen-bond donors (Lipinski definition) is 1. The summed E-state index contributed by atoms with van der Waals surface area (Å²) in [5, 5.41) is 5.58. The number of halogens is 1. The van der Waals surface area contributed by atoms with E-state index < -0.39 is 0 Å². The second-order valence-electron chi connectivity index (χ2n) is 9.30. The third-order valence-corrected chi connectivity index (χ3v) is 6.83. The fourth-order valence-electron chi connectivity index (χ4n) is 4.83. The van der Waals surface area contributed by atoms with Crippen LogP contribution in [0.4, 0.5) is 22.0 Å². The Hall–Kier alpha value is -4.02. The number of ether oxygens (including phenoxy) is 2. The van der Waals surface area contributed by atoms with Crippen molar-refractivity contribution in [3.8, 4) is 0 Å². The summed E-state index contributed by atoms with van der Waals surface area (Å²) in [6, 6.07) is 16.9. The van der Waals surface area contributed by atoms with Crippen LogP contribution in [0.25, 0.3) is 10.9 Å². The average molecular weight is 516 g/mol. The van der Waals surface area contributed by atoms with Gasteiger partial charge in [0.1, 0.15) is 11.6 Å². The highest BCUT2D eigenvalue weighted by Gasteiger charge is 2.19. The molecule has 0 amide bonds. The molecule has 2 aliphatic heterocycles. The summed E-state index contributed by atoms with van der Waals surface area (Å²) in [5.74, 6) is 1.92. The van der Waals surface area contributed by atoms with Gasteiger partial charge in [0.05, 0.1) is 39.2 Å². The van der Waals surface area contributed by atoms with E-state index in [4.69, 9.17) is 19.4 Å². The minimum Gasteiger partial charge on any atom is -0.378 e. The minimum absolute atomic E-state index is 0.210. The Balaban J connectivity index is 1.26. The molecule has 1 N–H and O–H groups in total. The molecular formula is C28H30FN7O2. The monoisotopic (exact) mass is 515 g/mol. The van der Waals surface area contributed by atoms with Crippen LogP contribution in [0.15, 0.2) is 65.9 Å². The zero-order chi connectivity index (χ0) is 25.7. The van der Waals surface area contributed by atoms with Crippen LogP contribution < -0.4 is 15.2 Å². The lowest BCUT2D eigenvalue weighted by molar-refractivity contribution is 0.121. The molecule has 0 unspecified atom stereocenters. The zero-order valence-corrected chi connectivity index (χ0v) is 21.1. The van der Waals surface area contributed by atoms with Gasteiger partial charge in [0, 0.05) is 60.5 Å². The Morgan fingerprint density at radius 1 is 0.895 bits per heavy atom. The van der Waals surface area contributed by atoms with Gasteiger partial charge in [-0.25, -0.2) is 4.39 Å². The number of nitrogens with one attached hydrogen (secondary N) is 1. The van der Waals surface area contributed by atoms with Gasteiger partial charge >= 0.3 is 0 Å². The molecule has 10 heteroatoms. The maximum absolute atomic E-state index is 14.3. The third kappa shape index (κ3) is 5.32. The number of hydrogen-bond acceptors (Lipinski definition) is 8. The van der Waals surface area contributed by atoms with Crippen molar-refractivity contribution in [3.05, 3.63) is 77.7 Å². The summed E-state index contributed by atoms with van der Waals surface area (Å²) in [4.78, 5) is 13.9. The van der Waals surface area contributed by atoms with Crippen molar-refractivity contribution < 1.29 is 13.9 Å². The van der Waals surface area contributed by atoms with Gasteiger partial charge in [0.15, 0.2) is 5.82 Å².